The van der Waals surface area contributed by atoms with E-state index in [-0.39, 0.29) is 6.04 Å². The predicted octanol–water partition coefficient (Wildman–Crippen LogP) is 3.59. The maximum absolute atomic E-state index is 6.38. The summed E-state index contributed by atoms with van der Waals surface area (Å²) in [7, 11) is 4.06. The molecule has 2 aromatic rings. The van der Waals surface area contributed by atoms with E-state index in [1.54, 1.807) is 0 Å². The number of benzene rings is 2. The highest BCUT2D eigenvalue weighted by Gasteiger charge is 2.10. The summed E-state index contributed by atoms with van der Waals surface area (Å²) in [4.78, 5) is 2.08. The van der Waals surface area contributed by atoms with Gasteiger partial charge in [-0.3, -0.25) is 0 Å². The van der Waals surface area contributed by atoms with Gasteiger partial charge in [-0.25, -0.2) is 0 Å². The second-order valence-corrected chi connectivity index (χ2v) is 5.38. The molecule has 2 rings (SSSR count). The zero-order chi connectivity index (χ0) is 15.2. The van der Waals surface area contributed by atoms with Crippen LogP contribution < -0.4 is 15.4 Å². The fraction of sp³-hybridized carbons (Fsp3) is 0.333. The van der Waals surface area contributed by atoms with Gasteiger partial charge in [0.2, 0.25) is 0 Å². The first kappa shape index (κ1) is 15.4. The van der Waals surface area contributed by atoms with Crippen LogP contribution in [0.2, 0.25) is 0 Å². The van der Waals surface area contributed by atoms with Crippen molar-refractivity contribution in [2.75, 3.05) is 25.6 Å². The highest BCUT2D eigenvalue weighted by atomic mass is 16.5. The Morgan fingerprint density at radius 3 is 2.38 bits per heavy atom. The molecule has 0 heterocycles. The average Bonchev–Trinajstić information content (AvgIpc) is 2.53. The van der Waals surface area contributed by atoms with Crippen LogP contribution in [-0.4, -0.2) is 20.7 Å². The van der Waals surface area contributed by atoms with Crippen LogP contribution in [0, 0.1) is 0 Å². The van der Waals surface area contributed by atoms with Crippen LogP contribution >= 0.6 is 0 Å². The Hall–Kier alpha value is -2.00. The number of nitrogens with zero attached hydrogens (tertiary/aromatic N) is 1. The van der Waals surface area contributed by atoms with Crippen LogP contribution in [0.5, 0.6) is 5.75 Å². The van der Waals surface area contributed by atoms with E-state index in [1.165, 1.54) is 0 Å². The number of rotatable bonds is 6. The Balaban J connectivity index is 2.15. The second-order valence-electron chi connectivity index (χ2n) is 5.38. The van der Waals surface area contributed by atoms with Gasteiger partial charge in [0.15, 0.2) is 0 Å². The summed E-state index contributed by atoms with van der Waals surface area (Å²) in [6.45, 7) is 2.85. The van der Waals surface area contributed by atoms with Gasteiger partial charge in [-0.2, -0.15) is 0 Å². The highest BCUT2D eigenvalue weighted by Crippen LogP contribution is 2.24. The molecule has 0 saturated carbocycles. The number of ether oxygens (including phenoxy) is 1. The molecular formula is C18H24N2O. The van der Waals surface area contributed by atoms with E-state index in [9.17, 15) is 0 Å². The molecule has 0 fully saturated rings. The van der Waals surface area contributed by atoms with E-state index < -0.39 is 0 Å². The molecule has 0 bridgehead atoms. The van der Waals surface area contributed by atoms with Gasteiger partial charge in [0, 0.05) is 19.8 Å². The van der Waals surface area contributed by atoms with E-state index in [0.29, 0.717) is 0 Å². The molecule has 0 aliphatic heterocycles. The van der Waals surface area contributed by atoms with Crippen LogP contribution in [0.25, 0.3) is 0 Å². The maximum atomic E-state index is 6.38. The van der Waals surface area contributed by atoms with Crippen molar-refractivity contribution in [2.24, 2.45) is 5.73 Å². The minimum Gasteiger partial charge on any atom is -0.494 e. The first-order valence-electron chi connectivity index (χ1n) is 7.37. The van der Waals surface area contributed by atoms with Crippen molar-refractivity contribution in [2.45, 2.75) is 19.4 Å². The van der Waals surface area contributed by atoms with Gasteiger partial charge in [-0.15, -0.1) is 0 Å². The van der Waals surface area contributed by atoms with Crippen molar-refractivity contribution in [3.8, 4) is 5.75 Å². The van der Waals surface area contributed by atoms with Gasteiger partial charge in [0.1, 0.15) is 5.75 Å². The summed E-state index contributed by atoms with van der Waals surface area (Å²) in [6, 6.07) is 16.3. The maximum Gasteiger partial charge on any atom is 0.119 e. The zero-order valence-corrected chi connectivity index (χ0v) is 13.0. The summed E-state index contributed by atoms with van der Waals surface area (Å²) < 4.78 is 5.60. The van der Waals surface area contributed by atoms with E-state index >= 15 is 0 Å². The summed E-state index contributed by atoms with van der Waals surface area (Å²) in [5.41, 5.74) is 9.74. The van der Waals surface area contributed by atoms with Crippen LogP contribution in [0.1, 0.15) is 30.5 Å². The Labute approximate surface area is 127 Å². The smallest absolute Gasteiger partial charge is 0.119 e. The third kappa shape index (κ3) is 3.99. The quantitative estimate of drug-likeness (QED) is 0.881. The van der Waals surface area contributed by atoms with Crippen molar-refractivity contribution < 1.29 is 4.74 Å². The SMILES string of the molecule is CCCOc1ccc(C(N)c2cccc(N(C)C)c2)cc1. The lowest BCUT2D eigenvalue weighted by Gasteiger charge is -2.17. The molecular weight excluding hydrogens is 260 g/mol. The van der Waals surface area contributed by atoms with E-state index in [4.69, 9.17) is 10.5 Å². The lowest BCUT2D eigenvalue weighted by molar-refractivity contribution is 0.317. The Morgan fingerprint density at radius 2 is 1.76 bits per heavy atom. The molecule has 1 unspecified atom stereocenters. The normalized spacial score (nSPS) is 12.0. The molecule has 3 heteroatoms. The van der Waals surface area contributed by atoms with Crippen LogP contribution in [0.4, 0.5) is 5.69 Å². The van der Waals surface area contributed by atoms with Crippen LogP contribution in [-0.2, 0) is 0 Å². The van der Waals surface area contributed by atoms with Gasteiger partial charge in [-0.05, 0) is 41.8 Å². The number of hydrogen-bond donors (Lipinski definition) is 1. The third-order valence-electron chi connectivity index (χ3n) is 3.46. The molecule has 0 saturated heterocycles. The predicted molar refractivity (Wildman–Crippen MR) is 89.0 cm³/mol. The van der Waals surface area contributed by atoms with Gasteiger partial charge in [0.25, 0.3) is 0 Å². The third-order valence-corrected chi connectivity index (χ3v) is 3.46. The molecule has 2 N–H and O–H groups in total. The monoisotopic (exact) mass is 284 g/mol. The Morgan fingerprint density at radius 1 is 1.05 bits per heavy atom. The summed E-state index contributed by atoms with van der Waals surface area (Å²) in [5, 5.41) is 0. The van der Waals surface area contributed by atoms with Crippen molar-refractivity contribution in [1.29, 1.82) is 0 Å². The van der Waals surface area contributed by atoms with Gasteiger partial charge < -0.3 is 15.4 Å². The van der Waals surface area contributed by atoms with Crippen LogP contribution in [0.15, 0.2) is 48.5 Å². The number of hydrogen-bond acceptors (Lipinski definition) is 3. The first-order chi connectivity index (χ1) is 10.1. The van der Waals surface area contributed by atoms with E-state index in [1.807, 2.05) is 44.4 Å². The molecule has 3 nitrogen and oxygen atoms in total. The molecule has 0 aliphatic rings. The molecule has 112 valence electrons. The average molecular weight is 284 g/mol. The summed E-state index contributed by atoms with van der Waals surface area (Å²) in [6.07, 6.45) is 1.01. The molecule has 0 aromatic heterocycles. The van der Waals surface area contributed by atoms with Crippen LogP contribution in [0.3, 0.4) is 0 Å². The molecule has 2 aromatic carbocycles. The van der Waals surface area contributed by atoms with E-state index in [0.717, 1.165) is 35.6 Å². The lowest BCUT2D eigenvalue weighted by Crippen LogP contribution is -2.14. The summed E-state index contributed by atoms with van der Waals surface area (Å²) in [5.74, 6) is 0.898. The van der Waals surface area contributed by atoms with Crippen molar-refractivity contribution in [3.63, 3.8) is 0 Å². The minimum absolute atomic E-state index is 0.120. The second kappa shape index (κ2) is 7.14. The minimum atomic E-state index is -0.120. The fourth-order valence-corrected chi connectivity index (χ4v) is 2.18. The van der Waals surface area contributed by atoms with Crippen molar-refractivity contribution in [1.82, 2.24) is 0 Å². The Bertz CT molecular complexity index is 564. The molecule has 0 spiro atoms. The lowest BCUT2D eigenvalue weighted by atomic mass is 9.99. The first-order valence-corrected chi connectivity index (χ1v) is 7.37. The van der Waals surface area contributed by atoms with Gasteiger partial charge >= 0.3 is 0 Å². The largest absolute Gasteiger partial charge is 0.494 e. The number of nitrogens with two attached hydrogens (primary N) is 1. The highest BCUT2D eigenvalue weighted by molar-refractivity contribution is 5.49. The number of anilines is 1. The molecule has 1 atom stereocenters. The van der Waals surface area contributed by atoms with Crippen molar-refractivity contribution >= 4 is 5.69 Å². The molecule has 0 radical (unpaired) electrons. The van der Waals surface area contributed by atoms with Gasteiger partial charge in [-0.1, -0.05) is 31.2 Å². The molecule has 0 amide bonds. The molecule has 0 aliphatic carbocycles. The summed E-state index contributed by atoms with van der Waals surface area (Å²) >= 11 is 0. The van der Waals surface area contributed by atoms with Crippen molar-refractivity contribution in [3.05, 3.63) is 59.7 Å². The Kier molecular flexibility index (Phi) is 5.23. The standard InChI is InChI=1S/C18H24N2O/c1-4-12-21-17-10-8-14(9-11-17)18(19)15-6-5-7-16(13-15)20(2)3/h5-11,13,18H,4,12,19H2,1-3H3. The van der Waals surface area contributed by atoms with E-state index in [2.05, 4.69) is 30.0 Å². The zero-order valence-electron chi connectivity index (χ0n) is 13.0. The molecule has 21 heavy (non-hydrogen) atoms. The fourth-order valence-electron chi connectivity index (χ4n) is 2.18. The van der Waals surface area contributed by atoms with Gasteiger partial charge in [0.05, 0.1) is 12.6 Å². The topological polar surface area (TPSA) is 38.5 Å².